The number of hydrogen-bond acceptors (Lipinski definition) is 2. The molecule has 90 valence electrons. The fourth-order valence-electron chi connectivity index (χ4n) is 1.81. The maximum absolute atomic E-state index is 3.38. The van der Waals surface area contributed by atoms with E-state index < -0.39 is 0 Å². The van der Waals surface area contributed by atoms with Gasteiger partial charge < -0.3 is 5.32 Å². The van der Waals surface area contributed by atoms with Crippen molar-refractivity contribution in [2.75, 3.05) is 12.8 Å². The van der Waals surface area contributed by atoms with Gasteiger partial charge in [-0.05, 0) is 38.9 Å². The smallest absolute Gasteiger partial charge is 0.0158 e. The van der Waals surface area contributed by atoms with Crippen LogP contribution in [0.25, 0.3) is 0 Å². The van der Waals surface area contributed by atoms with E-state index in [2.05, 4.69) is 51.3 Å². The molecule has 0 bridgehead atoms. The van der Waals surface area contributed by atoms with Crippen molar-refractivity contribution in [2.45, 2.75) is 44.6 Å². The van der Waals surface area contributed by atoms with Crippen LogP contribution < -0.4 is 5.32 Å². The third-order valence-electron chi connectivity index (χ3n) is 2.82. The van der Waals surface area contributed by atoms with Gasteiger partial charge in [-0.3, -0.25) is 0 Å². The molecule has 0 heterocycles. The molecule has 0 saturated heterocycles. The van der Waals surface area contributed by atoms with Crippen LogP contribution in [-0.4, -0.2) is 18.8 Å². The first kappa shape index (κ1) is 13.6. The minimum absolute atomic E-state index is 0.635. The van der Waals surface area contributed by atoms with Gasteiger partial charge in [0.25, 0.3) is 0 Å². The summed E-state index contributed by atoms with van der Waals surface area (Å²) < 4.78 is 0. The lowest BCUT2D eigenvalue weighted by Crippen LogP contribution is -2.27. The lowest BCUT2D eigenvalue weighted by Gasteiger charge is -2.15. The quantitative estimate of drug-likeness (QED) is 0.756. The third-order valence-corrected chi connectivity index (χ3v) is 4.15. The molecule has 0 amide bonds. The first-order valence-corrected chi connectivity index (χ1v) is 7.03. The Morgan fingerprint density at radius 1 is 1.31 bits per heavy atom. The number of hydrogen-bond donors (Lipinski definition) is 1. The van der Waals surface area contributed by atoms with Crippen LogP contribution in [0.2, 0.25) is 0 Å². The fourth-order valence-corrected chi connectivity index (χ4v) is 2.98. The zero-order chi connectivity index (χ0) is 12.0. The summed E-state index contributed by atoms with van der Waals surface area (Å²) in [6, 6.07) is 7.34. The molecule has 0 spiro atoms. The zero-order valence-corrected chi connectivity index (χ0v) is 11.7. The van der Waals surface area contributed by atoms with Crippen molar-refractivity contribution < 1.29 is 0 Å². The van der Waals surface area contributed by atoms with E-state index in [1.54, 1.807) is 0 Å². The largest absolute Gasteiger partial charge is 0.316 e. The fraction of sp³-hybridized carbons (Fsp3) is 0.571. The molecule has 1 aromatic rings. The molecule has 1 unspecified atom stereocenters. The van der Waals surface area contributed by atoms with Crippen molar-refractivity contribution in [1.29, 1.82) is 0 Å². The van der Waals surface area contributed by atoms with E-state index in [0.717, 1.165) is 5.75 Å². The van der Waals surface area contributed by atoms with Crippen LogP contribution in [0, 0.1) is 13.8 Å². The van der Waals surface area contributed by atoms with Crippen molar-refractivity contribution in [3.05, 3.63) is 29.3 Å². The average Bonchev–Trinajstić information content (AvgIpc) is 2.26. The van der Waals surface area contributed by atoms with E-state index >= 15 is 0 Å². The number of thioether (sulfide) groups is 1. The van der Waals surface area contributed by atoms with Crippen LogP contribution in [0.4, 0.5) is 0 Å². The van der Waals surface area contributed by atoms with Crippen molar-refractivity contribution in [3.63, 3.8) is 0 Å². The van der Waals surface area contributed by atoms with Gasteiger partial charge in [0.15, 0.2) is 0 Å². The molecule has 0 fully saturated rings. The Balaban J connectivity index is 2.53. The maximum Gasteiger partial charge on any atom is 0.0158 e. The molecule has 0 radical (unpaired) electrons. The summed E-state index contributed by atoms with van der Waals surface area (Å²) in [6.07, 6.45) is 2.51. The predicted octanol–water partition coefficient (Wildman–Crippen LogP) is 3.78. The SMILES string of the molecule is CCCC(CSc1ccc(C)cc1C)NC. The molecule has 0 aliphatic heterocycles. The van der Waals surface area contributed by atoms with E-state index in [0.29, 0.717) is 6.04 Å². The highest BCUT2D eigenvalue weighted by Crippen LogP contribution is 2.24. The molecular formula is C14H23NS. The van der Waals surface area contributed by atoms with Gasteiger partial charge >= 0.3 is 0 Å². The van der Waals surface area contributed by atoms with E-state index in [1.165, 1.54) is 28.9 Å². The lowest BCUT2D eigenvalue weighted by atomic mass is 10.2. The summed E-state index contributed by atoms with van der Waals surface area (Å²) in [7, 11) is 2.06. The molecule has 16 heavy (non-hydrogen) atoms. The molecule has 2 heteroatoms. The Morgan fingerprint density at radius 2 is 2.06 bits per heavy atom. The Labute approximate surface area is 104 Å². The van der Waals surface area contributed by atoms with Crippen LogP contribution in [-0.2, 0) is 0 Å². The summed E-state index contributed by atoms with van der Waals surface area (Å²) in [5.74, 6) is 1.16. The number of benzene rings is 1. The summed E-state index contributed by atoms with van der Waals surface area (Å²) in [5, 5.41) is 3.38. The van der Waals surface area contributed by atoms with Gasteiger partial charge in [-0.2, -0.15) is 0 Å². The highest BCUT2D eigenvalue weighted by atomic mass is 32.2. The monoisotopic (exact) mass is 237 g/mol. The molecule has 0 aliphatic rings. The first-order chi connectivity index (χ1) is 7.67. The van der Waals surface area contributed by atoms with Crippen LogP contribution in [0.1, 0.15) is 30.9 Å². The highest BCUT2D eigenvalue weighted by molar-refractivity contribution is 7.99. The van der Waals surface area contributed by atoms with Crippen LogP contribution >= 0.6 is 11.8 Å². The average molecular weight is 237 g/mol. The summed E-state index contributed by atoms with van der Waals surface area (Å²) >= 11 is 1.97. The standard InChI is InChI=1S/C14H23NS/c1-5-6-13(15-4)10-16-14-8-7-11(2)9-12(14)3/h7-9,13,15H,5-6,10H2,1-4H3. The minimum atomic E-state index is 0.635. The Hall–Kier alpha value is -0.470. The van der Waals surface area contributed by atoms with E-state index in [1.807, 2.05) is 11.8 Å². The Kier molecular flexibility index (Phi) is 5.93. The molecule has 0 saturated carbocycles. The van der Waals surface area contributed by atoms with Crippen molar-refractivity contribution in [1.82, 2.24) is 5.32 Å². The van der Waals surface area contributed by atoms with Gasteiger partial charge in [0.2, 0.25) is 0 Å². The normalized spacial score (nSPS) is 12.8. The number of rotatable bonds is 6. The van der Waals surface area contributed by atoms with Gasteiger partial charge in [0.1, 0.15) is 0 Å². The molecule has 1 N–H and O–H groups in total. The molecule has 1 aromatic carbocycles. The van der Waals surface area contributed by atoms with E-state index in [4.69, 9.17) is 0 Å². The Bertz CT molecular complexity index is 323. The molecule has 1 rings (SSSR count). The van der Waals surface area contributed by atoms with Crippen LogP contribution in [0.3, 0.4) is 0 Å². The van der Waals surface area contributed by atoms with Gasteiger partial charge in [-0.1, -0.05) is 31.0 Å². The lowest BCUT2D eigenvalue weighted by molar-refractivity contribution is 0.564. The molecular weight excluding hydrogens is 214 g/mol. The van der Waals surface area contributed by atoms with E-state index in [-0.39, 0.29) is 0 Å². The van der Waals surface area contributed by atoms with Crippen molar-refractivity contribution >= 4 is 11.8 Å². The van der Waals surface area contributed by atoms with E-state index in [9.17, 15) is 0 Å². The van der Waals surface area contributed by atoms with Crippen LogP contribution in [0.15, 0.2) is 23.1 Å². The van der Waals surface area contributed by atoms with Gasteiger partial charge in [-0.15, -0.1) is 11.8 Å². The maximum atomic E-state index is 3.38. The van der Waals surface area contributed by atoms with Crippen LogP contribution in [0.5, 0.6) is 0 Å². The third kappa shape index (κ3) is 4.18. The topological polar surface area (TPSA) is 12.0 Å². The Morgan fingerprint density at radius 3 is 2.62 bits per heavy atom. The van der Waals surface area contributed by atoms with Gasteiger partial charge in [-0.25, -0.2) is 0 Å². The number of nitrogens with one attached hydrogen (secondary N) is 1. The van der Waals surface area contributed by atoms with Crippen molar-refractivity contribution in [3.8, 4) is 0 Å². The minimum Gasteiger partial charge on any atom is -0.316 e. The second-order valence-electron chi connectivity index (χ2n) is 4.35. The highest BCUT2D eigenvalue weighted by Gasteiger charge is 2.06. The zero-order valence-electron chi connectivity index (χ0n) is 10.8. The molecule has 1 atom stereocenters. The predicted molar refractivity (Wildman–Crippen MR) is 74.4 cm³/mol. The second kappa shape index (κ2) is 6.97. The first-order valence-electron chi connectivity index (χ1n) is 6.04. The molecule has 0 aliphatic carbocycles. The van der Waals surface area contributed by atoms with Gasteiger partial charge in [0, 0.05) is 16.7 Å². The molecule has 1 nitrogen and oxygen atoms in total. The van der Waals surface area contributed by atoms with Gasteiger partial charge in [0.05, 0.1) is 0 Å². The second-order valence-corrected chi connectivity index (χ2v) is 5.42. The number of aryl methyl sites for hydroxylation is 2. The van der Waals surface area contributed by atoms with Crippen molar-refractivity contribution in [2.24, 2.45) is 0 Å². The summed E-state index contributed by atoms with van der Waals surface area (Å²) in [6.45, 7) is 6.59. The summed E-state index contributed by atoms with van der Waals surface area (Å²) in [5.41, 5.74) is 2.75. The molecule has 0 aromatic heterocycles. The summed E-state index contributed by atoms with van der Waals surface area (Å²) in [4.78, 5) is 1.42.